The lowest BCUT2D eigenvalue weighted by molar-refractivity contribution is 0.419. The van der Waals surface area contributed by atoms with E-state index in [0.717, 1.165) is 23.9 Å². The topological polar surface area (TPSA) is 32.3 Å². The van der Waals surface area contributed by atoms with E-state index in [2.05, 4.69) is 12.2 Å². The first-order valence-electron chi connectivity index (χ1n) is 6.78. The Bertz CT molecular complexity index is 407. The van der Waals surface area contributed by atoms with Gasteiger partial charge >= 0.3 is 0 Å². The van der Waals surface area contributed by atoms with E-state index in [1.807, 2.05) is 6.92 Å². The minimum Gasteiger partial charge on any atom is -0.508 e. The number of hydrogen-bond acceptors (Lipinski definition) is 2. The third-order valence-corrected chi connectivity index (χ3v) is 3.98. The van der Waals surface area contributed by atoms with Crippen molar-refractivity contribution in [2.45, 2.75) is 39.2 Å². The van der Waals surface area contributed by atoms with Gasteiger partial charge in [0, 0.05) is 17.7 Å². The molecule has 2 N–H and O–H groups in total. The van der Waals surface area contributed by atoms with E-state index in [1.165, 1.54) is 31.4 Å². The van der Waals surface area contributed by atoms with Crippen molar-refractivity contribution in [1.29, 1.82) is 0 Å². The third-order valence-electron chi connectivity index (χ3n) is 3.98. The van der Waals surface area contributed by atoms with E-state index in [9.17, 15) is 9.50 Å². The molecule has 0 saturated heterocycles. The normalized spacial score (nSPS) is 25.3. The third kappa shape index (κ3) is 3.22. The number of phenols is 1. The molecule has 1 aliphatic carbocycles. The average molecular weight is 251 g/mol. The first kappa shape index (κ1) is 13.3. The molecule has 0 radical (unpaired) electrons. The predicted molar refractivity (Wildman–Crippen MR) is 71.0 cm³/mol. The number of rotatable bonds is 4. The van der Waals surface area contributed by atoms with E-state index in [0.29, 0.717) is 0 Å². The van der Waals surface area contributed by atoms with Crippen LogP contribution in [0.3, 0.4) is 0 Å². The Morgan fingerprint density at radius 1 is 1.44 bits per heavy atom. The van der Waals surface area contributed by atoms with Gasteiger partial charge in [-0.25, -0.2) is 4.39 Å². The van der Waals surface area contributed by atoms with Gasteiger partial charge < -0.3 is 10.4 Å². The van der Waals surface area contributed by atoms with Crippen LogP contribution in [0.25, 0.3) is 0 Å². The van der Waals surface area contributed by atoms with E-state index in [1.54, 1.807) is 6.07 Å². The van der Waals surface area contributed by atoms with Gasteiger partial charge in [-0.2, -0.15) is 0 Å². The molecule has 100 valence electrons. The van der Waals surface area contributed by atoms with E-state index in [-0.39, 0.29) is 11.8 Å². The fourth-order valence-electron chi connectivity index (χ4n) is 2.85. The summed E-state index contributed by atoms with van der Waals surface area (Å²) in [7, 11) is 0. The fraction of sp³-hybridized carbons (Fsp3) is 0.600. The summed E-state index contributed by atoms with van der Waals surface area (Å²) in [6.07, 6.45) is 3.90. The van der Waals surface area contributed by atoms with E-state index >= 15 is 0 Å². The second kappa shape index (κ2) is 5.70. The maximum Gasteiger partial charge on any atom is 0.126 e. The molecule has 18 heavy (non-hydrogen) atoms. The highest BCUT2D eigenvalue weighted by molar-refractivity contribution is 5.34. The SMILES string of the molecule is CC1CCC(CNC(C)c2ccc(F)cc2O)C1. The highest BCUT2D eigenvalue weighted by Gasteiger charge is 2.21. The Kier molecular flexibility index (Phi) is 4.23. The number of phenolic OH excluding ortho intramolecular Hbond substituents is 1. The zero-order valence-corrected chi connectivity index (χ0v) is 11.1. The van der Waals surface area contributed by atoms with E-state index in [4.69, 9.17) is 0 Å². The summed E-state index contributed by atoms with van der Waals surface area (Å²) in [6, 6.07) is 4.27. The van der Waals surface area contributed by atoms with Crippen LogP contribution >= 0.6 is 0 Å². The largest absolute Gasteiger partial charge is 0.508 e. The second-order valence-electron chi connectivity index (χ2n) is 5.62. The molecule has 1 aliphatic rings. The molecule has 0 aliphatic heterocycles. The van der Waals surface area contributed by atoms with Crippen molar-refractivity contribution >= 4 is 0 Å². The Morgan fingerprint density at radius 2 is 2.22 bits per heavy atom. The molecule has 0 bridgehead atoms. The molecular weight excluding hydrogens is 229 g/mol. The lowest BCUT2D eigenvalue weighted by Gasteiger charge is -2.18. The molecule has 3 atom stereocenters. The summed E-state index contributed by atoms with van der Waals surface area (Å²) < 4.78 is 12.9. The molecule has 3 heteroatoms. The lowest BCUT2D eigenvalue weighted by Crippen LogP contribution is -2.24. The van der Waals surface area contributed by atoms with Crippen LogP contribution in [-0.4, -0.2) is 11.7 Å². The number of hydrogen-bond donors (Lipinski definition) is 2. The van der Waals surface area contributed by atoms with Crippen molar-refractivity contribution in [2.75, 3.05) is 6.54 Å². The first-order chi connectivity index (χ1) is 8.56. The molecule has 1 aromatic rings. The smallest absolute Gasteiger partial charge is 0.126 e. The Labute approximate surface area is 108 Å². The van der Waals surface area contributed by atoms with Crippen molar-refractivity contribution in [3.63, 3.8) is 0 Å². The summed E-state index contributed by atoms with van der Waals surface area (Å²) in [5.74, 6) is 1.22. The molecule has 1 fully saturated rings. The molecule has 0 heterocycles. The molecule has 0 amide bonds. The van der Waals surface area contributed by atoms with Crippen LogP contribution in [0.5, 0.6) is 5.75 Å². The molecule has 3 unspecified atom stereocenters. The van der Waals surface area contributed by atoms with Crippen LogP contribution in [0.1, 0.15) is 44.7 Å². The van der Waals surface area contributed by atoms with Crippen molar-refractivity contribution in [2.24, 2.45) is 11.8 Å². The number of nitrogens with one attached hydrogen (secondary N) is 1. The van der Waals surface area contributed by atoms with Crippen LogP contribution in [0, 0.1) is 17.7 Å². The fourth-order valence-corrected chi connectivity index (χ4v) is 2.85. The first-order valence-corrected chi connectivity index (χ1v) is 6.78. The Balaban J connectivity index is 1.89. The van der Waals surface area contributed by atoms with Gasteiger partial charge in [0.05, 0.1) is 0 Å². The van der Waals surface area contributed by atoms with Gasteiger partial charge in [-0.1, -0.05) is 19.4 Å². The lowest BCUT2D eigenvalue weighted by atomic mass is 10.0. The van der Waals surface area contributed by atoms with Gasteiger partial charge in [0.2, 0.25) is 0 Å². The molecule has 1 saturated carbocycles. The number of halogens is 1. The van der Waals surface area contributed by atoms with Gasteiger partial charge in [0.25, 0.3) is 0 Å². The van der Waals surface area contributed by atoms with Crippen molar-refractivity contribution in [3.8, 4) is 5.75 Å². The highest BCUT2D eigenvalue weighted by atomic mass is 19.1. The summed E-state index contributed by atoms with van der Waals surface area (Å²) in [5.41, 5.74) is 0.766. The van der Waals surface area contributed by atoms with Crippen molar-refractivity contribution < 1.29 is 9.50 Å². The predicted octanol–water partition coefficient (Wildman–Crippen LogP) is 3.62. The highest BCUT2D eigenvalue weighted by Crippen LogP contribution is 2.31. The standard InChI is InChI=1S/C15H22FNO/c1-10-3-4-12(7-10)9-17-11(2)14-6-5-13(16)8-15(14)18/h5-6,8,10-12,17-18H,3-4,7,9H2,1-2H3. The average Bonchev–Trinajstić information content (AvgIpc) is 2.72. The molecule has 2 nitrogen and oxygen atoms in total. The van der Waals surface area contributed by atoms with Crippen LogP contribution in [0.4, 0.5) is 4.39 Å². The van der Waals surface area contributed by atoms with Gasteiger partial charge in [-0.3, -0.25) is 0 Å². The van der Waals surface area contributed by atoms with Crippen LogP contribution in [-0.2, 0) is 0 Å². The van der Waals surface area contributed by atoms with Gasteiger partial charge in [0.1, 0.15) is 11.6 Å². The maximum absolute atomic E-state index is 12.9. The number of aromatic hydroxyl groups is 1. The van der Waals surface area contributed by atoms with Gasteiger partial charge in [-0.05, 0) is 44.2 Å². The van der Waals surface area contributed by atoms with Crippen molar-refractivity contribution in [1.82, 2.24) is 5.32 Å². The molecule has 1 aromatic carbocycles. The monoisotopic (exact) mass is 251 g/mol. The van der Waals surface area contributed by atoms with Crippen LogP contribution in [0.2, 0.25) is 0 Å². The van der Waals surface area contributed by atoms with Crippen molar-refractivity contribution in [3.05, 3.63) is 29.6 Å². The van der Waals surface area contributed by atoms with Gasteiger partial charge in [0.15, 0.2) is 0 Å². The molecular formula is C15H22FNO. The molecule has 0 spiro atoms. The van der Waals surface area contributed by atoms with Gasteiger partial charge in [-0.15, -0.1) is 0 Å². The maximum atomic E-state index is 12.9. The summed E-state index contributed by atoms with van der Waals surface area (Å²) >= 11 is 0. The van der Waals surface area contributed by atoms with Crippen LogP contribution in [0.15, 0.2) is 18.2 Å². The minimum absolute atomic E-state index is 0.0368. The summed E-state index contributed by atoms with van der Waals surface area (Å²) in [6.45, 7) is 5.28. The Hall–Kier alpha value is -1.09. The summed E-state index contributed by atoms with van der Waals surface area (Å²) in [4.78, 5) is 0. The quantitative estimate of drug-likeness (QED) is 0.856. The Morgan fingerprint density at radius 3 is 2.83 bits per heavy atom. The van der Waals surface area contributed by atoms with Crippen LogP contribution < -0.4 is 5.32 Å². The van der Waals surface area contributed by atoms with E-state index < -0.39 is 5.82 Å². The summed E-state index contributed by atoms with van der Waals surface area (Å²) in [5, 5.41) is 13.2. The second-order valence-corrected chi connectivity index (χ2v) is 5.62. The number of benzene rings is 1. The zero-order valence-electron chi connectivity index (χ0n) is 11.1. The minimum atomic E-state index is -0.395. The molecule has 0 aromatic heterocycles. The zero-order chi connectivity index (χ0) is 13.1. The molecule has 2 rings (SSSR count).